The van der Waals surface area contributed by atoms with Gasteiger partial charge in [0, 0.05) is 10.6 Å². The average Bonchev–Trinajstić information content (AvgIpc) is 2.77. The van der Waals surface area contributed by atoms with Gasteiger partial charge in [-0.2, -0.15) is 0 Å². The molecule has 0 saturated heterocycles. The van der Waals surface area contributed by atoms with Gasteiger partial charge in [0.2, 0.25) is 5.88 Å². The van der Waals surface area contributed by atoms with Gasteiger partial charge in [0.05, 0.1) is 5.56 Å². The number of aryl methyl sites for hydroxylation is 2. The van der Waals surface area contributed by atoms with Crippen molar-refractivity contribution in [1.82, 2.24) is 4.98 Å². The highest BCUT2D eigenvalue weighted by Gasteiger charge is 2.13. The van der Waals surface area contributed by atoms with Gasteiger partial charge in [0.25, 0.3) is 0 Å². The predicted octanol–water partition coefficient (Wildman–Crippen LogP) is 2.62. The van der Waals surface area contributed by atoms with E-state index in [9.17, 15) is 0 Å². The number of nitrogen functional groups attached to an aromatic ring is 1. The molecule has 4 nitrogen and oxygen atoms in total. The first kappa shape index (κ1) is 12.6. The van der Waals surface area contributed by atoms with Gasteiger partial charge in [-0.25, -0.2) is 4.98 Å². The number of nitrogens with one attached hydrogen (secondary N) is 1. The van der Waals surface area contributed by atoms with Crippen molar-refractivity contribution >= 4 is 17.2 Å². The molecule has 0 spiro atoms. The highest BCUT2D eigenvalue weighted by Crippen LogP contribution is 2.22. The Morgan fingerprint density at radius 3 is 2.89 bits per heavy atom. The van der Waals surface area contributed by atoms with E-state index in [1.54, 1.807) is 11.3 Å². The van der Waals surface area contributed by atoms with E-state index in [2.05, 4.69) is 4.98 Å². The van der Waals surface area contributed by atoms with E-state index in [4.69, 9.17) is 15.9 Å². The summed E-state index contributed by atoms with van der Waals surface area (Å²) in [7, 11) is 0. The molecule has 94 valence electrons. The number of pyridine rings is 1. The van der Waals surface area contributed by atoms with Gasteiger partial charge in [-0.3, -0.25) is 5.41 Å². The van der Waals surface area contributed by atoms with Crippen LogP contribution in [0.25, 0.3) is 0 Å². The van der Waals surface area contributed by atoms with E-state index in [0.29, 0.717) is 18.1 Å². The minimum atomic E-state index is -0.0128. The second-order valence-electron chi connectivity index (χ2n) is 4.04. The minimum absolute atomic E-state index is 0.0128. The van der Waals surface area contributed by atoms with Crippen molar-refractivity contribution in [2.24, 2.45) is 5.73 Å². The largest absolute Gasteiger partial charge is 0.471 e. The number of nitrogens with two attached hydrogens (primary N) is 1. The Morgan fingerprint density at radius 2 is 2.28 bits per heavy atom. The fraction of sp³-hybridized carbons (Fsp3) is 0.231. The first-order valence-electron chi connectivity index (χ1n) is 5.55. The van der Waals surface area contributed by atoms with Gasteiger partial charge in [0.1, 0.15) is 12.4 Å². The molecule has 0 saturated carbocycles. The number of hydrogen-bond donors (Lipinski definition) is 2. The Balaban J connectivity index is 2.28. The summed E-state index contributed by atoms with van der Waals surface area (Å²) < 4.78 is 5.68. The quantitative estimate of drug-likeness (QED) is 0.656. The maximum atomic E-state index is 7.60. The van der Waals surface area contributed by atoms with Crippen LogP contribution in [0.2, 0.25) is 0 Å². The Bertz CT molecular complexity index is 564. The van der Waals surface area contributed by atoms with Crippen molar-refractivity contribution in [1.29, 1.82) is 5.41 Å². The topological polar surface area (TPSA) is 72.0 Å². The van der Waals surface area contributed by atoms with Gasteiger partial charge < -0.3 is 10.5 Å². The summed E-state index contributed by atoms with van der Waals surface area (Å²) >= 11 is 1.63. The highest BCUT2D eigenvalue weighted by atomic mass is 32.1. The van der Waals surface area contributed by atoms with E-state index in [0.717, 1.165) is 16.1 Å². The van der Waals surface area contributed by atoms with Crippen molar-refractivity contribution in [2.45, 2.75) is 20.5 Å². The smallest absolute Gasteiger partial charge is 0.225 e. The van der Waals surface area contributed by atoms with Gasteiger partial charge in [-0.1, -0.05) is 6.07 Å². The second kappa shape index (κ2) is 5.18. The molecular weight excluding hydrogens is 246 g/mol. The molecule has 0 radical (unpaired) electrons. The van der Waals surface area contributed by atoms with E-state index in [-0.39, 0.29) is 5.84 Å². The van der Waals surface area contributed by atoms with Crippen molar-refractivity contribution in [2.75, 3.05) is 0 Å². The summed E-state index contributed by atoms with van der Waals surface area (Å²) in [6, 6.07) is 5.87. The number of aromatic nitrogens is 1. The molecule has 0 bridgehead atoms. The fourth-order valence-electron chi connectivity index (χ4n) is 1.77. The summed E-state index contributed by atoms with van der Waals surface area (Å²) in [4.78, 5) is 5.43. The Kier molecular flexibility index (Phi) is 3.62. The maximum Gasteiger partial charge on any atom is 0.225 e. The van der Waals surface area contributed by atoms with Crippen LogP contribution in [-0.4, -0.2) is 10.8 Å². The van der Waals surface area contributed by atoms with Crippen LogP contribution >= 0.6 is 11.3 Å². The summed E-state index contributed by atoms with van der Waals surface area (Å²) in [5.41, 5.74) is 7.93. The molecule has 0 aliphatic heterocycles. The molecule has 0 aliphatic carbocycles. The number of nitrogens with zero attached hydrogens (tertiary/aromatic N) is 1. The summed E-state index contributed by atoms with van der Waals surface area (Å²) in [6.45, 7) is 4.26. The van der Waals surface area contributed by atoms with E-state index in [1.807, 2.05) is 37.4 Å². The van der Waals surface area contributed by atoms with Gasteiger partial charge in [-0.15, -0.1) is 11.3 Å². The lowest BCUT2D eigenvalue weighted by Gasteiger charge is -2.12. The molecule has 2 rings (SSSR count). The third-order valence-electron chi connectivity index (χ3n) is 2.51. The van der Waals surface area contributed by atoms with E-state index in [1.165, 1.54) is 0 Å². The lowest BCUT2D eigenvalue weighted by Crippen LogP contribution is -2.16. The summed E-state index contributed by atoms with van der Waals surface area (Å²) in [5, 5.41) is 9.60. The molecule has 5 heteroatoms. The predicted molar refractivity (Wildman–Crippen MR) is 73.4 cm³/mol. The van der Waals surface area contributed by atoms with Gasteiger partial charge in [-0.05, 0) is 36.9 Å². The van der Waals surface area contributed by atoms with E-state index < -0.39 is 0 Å². The van der Waals surface area contributed by atoms with Crippen LogP contribution in [0.1, 0.15) is 21.7 Å². The molecule has 2 heterocycles. The SMILES string of the molecule is Cc1cc(C)c(C(=N)N)c(OCc2cccs2)n1. The van der Waals surface area contributed by atoms with Crippen LogP contribution in [0, 0.1) is 19.3 Å². The Hall–Kier alpha value is -1.88. The molecule has 0 amide bonds. The number of rotatable bonds is 4. The standard InChI is InChI=1S/C13H15N3OS/c1-8-6-9(2)16-13(11(8)12(14)15)17-7-10-4-3-5-18-10/h3-6H,7H2,1-2H3,(H3,14,15). The summed E-state index contributed by atoms with van der Waals surface area (Å²) in [5.74, 6) is 0.426. The lowest BCUT2D eigenvalue weighted by molar-refractivity contribution is 0.296. The highest BCUT2D eigenvalue weighted by molar-refractivity contribution is 7.09. The molecule has 18 heavy (non-hydrogen) atoms. The molecule has 0 unspecified atom stereocenters. The summed E-state index contributed by atoms with van der Waals surface area (Å²) in [6.07, 6.45) is 0. The number of ether oxygens (including phenoxy) is 1. The lowest BCUT2D eigenvalue weighted by atomic mass is 10.1. The Labute approximate surface area is 110 Å². The number of hydrogen-bond acceptors (Lipinski definition) is 4. The zero-order valence-corrected chi connectivity index (χ0v) is 11.2. The second-order valence-corrected chi connectivity index (χ2v) is 5.07. The molecule has 0 atom stereocenters. The first-order chi connectivity index (χ1) is 8.58. The van der Waals surface area contributed by atoms with Crippen molar-refractivity contribution < 1.29 is 4.74 Å². The van der Waals surface area contributed by atoms with Crippen LogP contribution in [0.3, 0.4) is 0 Å². The minimum Gasteiger partial charge on any atom is -0.471 e. The average molecular weight is 261 g/mol. The van der Waals surface area contributed by atoms with Crippen LogP contribution in [-0.2, 0) is 6.61 Å². The third kappa shape index (κ3) is 2.68. The maximum absolute atomic E-state index is 7.60. The van der Waals surface area contributed by atoms with Gasteiger partial charge >= 0.3 is 0 Å². The van der Waals surface area contributed by atoms with E-state index >= 15 is 0 Å². The molecule has 0 fully saturated rings. The molecule has 2 aromatic rings. The zero-order chi connectivity index (χ0) is 13.1. The van der Waals surface area contributed by atoms with Crippen molar-refractivity contribution in [3.8, 4) is 5.88 Å². The molecule has 0 aromatic carbocycles. The fourth-order valence-corrected chi connectivity index (χ4v) is 2.38. The van der Waals surface area contributed by atoms with Crippen LogP contribution in [0.15, 0.2) is 23.6 Å². The monoisotopic (exact) mass is 261 g/mol. The molecule has 3 N–H and O–H groups in total. The van der Waals surface area contributed by atoms with Crippen LogP contribution in [0.4, 0.5) is 0 Å². The number of amidine groups is 1. The number of thiophene rings is 1. The van der Waals surface area contributed by atoms with Crippen molar-refractivity contribution in [3.05, 3.63) is 45.3 Å². The molecule has 2 aromatic heterocycles. The van der Waals surface area contributed by atoms with Crippen molar-refractivity contribution in [3.63, 3.8) is 0 Å². The van der Waals surface area contributed by atoms with Crippen LogP contribution < -0.4 is 10.5 Å². The Morgan fingerprint density at radius 1 is 1.50 bits per heavy atom. The zero-order valence-electron chi connectivity index (χ0n) is 10.4. The van der Waals surface area contributed by atoms with Crippen LogP contribution in [0.5, 0.6) is 5.88 Å². The first-order valence-corrected chi connectivity index (χ1v) is 6.43. The third-order valence-corrected chi connectivity index (χ3v) is 3.36. The van der Waals surface area contributed by atoms with Gasteiger partial charge in [0.15, 0.2) is 0 Å². The molecular formula is C13H15N3OS. The normalized spacial score (nSPS) is 10.3. The molecule has 0 aliphatic rings.